The number of carbonyl (C=O) groups is 2. The van der Waals surface area contributed by atoms with Gasteiger partial charge >= 0.3 is 12.1 Å². The number of halogens is 3. The average Bonchev–Trinajstić information content (AvgIpc) is 2.79. The molecule has 0 aliphatic carbocycles. The van der Waals surface area contributed by atoms with Crippen molar-refractivity contribution < 1.29 is 27.5 Å². The fourth-order valence-electron chi connectivity index (χ4n) is 3.49. The molecule has 0 aliphatic rings. The van der Waals surface area contributed by atoms with Gasteiger partial charge < -0.3 is 10.1 Å². The highest BCUT2D eigenvalue weighted by molar-refractivity contribution is 5.91. The van der Waals surface area contributed by atoms with Gasteiger partial charge in [-0.3, -0.25) is 4.79 Å². The zero-order valence-electron chi connectivity index (χ0n) is 17.3. The molecule has 7 heteroatoms. The van der Waals surface area contributed by atoms with Crippen LogP contribution in [0.4, 0.5) is 13.2 Å². The van der Waals surface area contributed by atoms with Gasteiger partial charge in [0.05, 0.1) is 18.6 Å². The van der Waals surface area contributed by atoms with Crippen LogP contribution in [0.5, 0.6) is 0 Å². The Labute approximate surface area is 184 Å². The Morgan fingerprint density at radius 1 is 0.875 bits per heavy atom. The molecule has 3 rings (SSSR count). The summed E-state index contributed by atoms with van der Waals surface area (Å²) in [6.07, 6.45) is -4.65. The van der Waals surface area contributed by atoms with Crippen molar-refractivity contribution in [3.05, 3.63) is 107 Å². The Kier molecular flexibility index (Phi) is 7.30. The third kappa shape index (κ3) is 5.75. The SMILES string of the molecule is COC(=O)[C@@H](Cc1cccc(C(F)(F)F)c1)NC(=O)C(c1ccccc1)c1ccccc1. The number of ether oxygens (including phenoxy) is 1. The number of esters is 1. The summed E-state index contributed by atoms with van der Waals surface area (Å²) in [6, 6.07) is 21.6. The first-order valence-electron chi connectivity index (χ1n) is 9.94. The Hall–Kier alpha value is -3.61. The van der Waals surface area contributed by atoms with Crippen LogP contribution in [-0.2, 0) is 26.9 Å². The lowest BCUT2D eigenvalue weighted by Crippen LogP contribution is -2.45. The molecule has 1 atom stereocenters. The quantitative estimate of drug-likeness (QED) is 0.539. The zero-order valence-corrected chi connectivity index (χ0v) is 17.3. The monoisotopic (exact) mass is 441 g/mol. The summed E-state index contributed by atoms with van der Waals surface area (Å²) < 4.78 is 44.0. The van der Waals surface area contributed by atoms with Gasteiger partial charge in [0.25, 0.3) is 0 Å². The molecule has 0 saturated heterocycles. The second-order valence-corrected chi connectivity index (χ2v) is 7.24. The van der Waals surface area contributed by atoms with E-state index in [-0.39, 0.29) is 12.0 Å². The Balaban J connectivity index is 1.89. The van der Waals surface area contributed by atoms with E-state index in [9.17, 15) is 22.8 Å². The van der Waals surface area contributed by atoms with Crippen molar-refractivity contribution in [2.75, 3.05) is 7.11 Å². The van der Waals surface area contributed by atoms with Crippen LogP contribution in [0, 0.1) is 0 Å². The van der Waals surface area contributed by atoms with E-state index in [1.165, 1.54) is 19.2 Å². The van der Waals surface area contributed by atoms with Crippen LogP contribution in [0.25, 0.3) is 0 Å². The average molecular weight is 441 g/mol. The minimum Gasteiger partial charge on any atom is -0.467 e. The molecule has 0 saturated carbocycles. The molecule has 3 aromatic rings. The van der Waals surface area contributed by atoms with E-state index in [0.717, 1.165) is 23.3 Å². The minimum absolute atomic E-state index is 0.140. The third-order valence-corrected chi connectivity index (χ3v) is 5.02. The number of nitrogens with one attached hydrogen (secondary N) is 1. The fourth-order valence-corrected chi connectivity index (χ4v) is 3.49. The number of methoxy groups -OCH3 is 1. The van der Waals surface area contributed by atoms with Gasteiger partial charge in [0.1, 0.15) is 6.04 Å². The van der Waals surface area contributed by atoms with Gasteiger partial charge in [-0.1, -0.05) is 78.9 Å². The van der Waals surface area contributed by atoms with E-state index in [2.05, 4.69) is 5.32 Å². The Morgan fingerprint density at radius 3 is 1.94 bits per heavy atom. The molecular formula is C25H22F3NO3. The third-order valence-electron chi connectivity index (χ3n) is 5.02. The van der Waals surface area contributed by atoms with Gasteiger partial charge in [-0.25, -0.2) is 4.79 Å². The summed E-state index contributed by atoms with van der Waals surface area (Å²) in [5, 5.41) is 2.68. The Bertz CT molecular complexity index is 1010. The molecule has 0 bridgehead atoms. The van der Waals surface area contributed by atoms with Gasteiger partial charge in [-0.2, -0.15) is 13.2 Å². The zero-order chi connectivity index (χ0) is 23.1. The van der Waals surface area contributed by atoms with Crippen LogP contribution in [0.1, 0.15) is 28.2 Å². The highest BCUT2D eigenvalue weighted by atomic mass is 19.4. The van der Waals surface area contributed by atoms with E-state index >= 15 is 0 Å². The smallest absolute Gasteiger partial charge is 0.416 e. The first-order valence-corrected chi connectivity index (χ1v) is 9.94. The standard InChI is InChI=1S/C25H22F3NO3/c1-32-24(31)21(16-17-9-8-14-20(15-17)25(26,27)28)29-23(30)22(18-10-4-2-5-11-18)19-12-6-3-7-13-19/h2-15,21-22H,16H2,1H3,(H,29,30)/t21-/m1/s1. The lowest BCUT2D eigenvalue weighted by molar-refractivity contribution is -0.145. The van der Waals surface area contributed by atoms with Gasteiger partial charge in [-0.15, -0.1) is 0 Å². The lowest BCUT2D eigenvalue weighted by atomic mass is 9.90. The van der Waals surface area contributed by atoms with Crippen molar-refractivity contribution in [2.24, 2.45) is 0 Å². The van der Waals surface area contributed by atoms with Crippen LogP contribution >= 0.6 is 0 Å². The molecule has 4 nitrogen and oxygen atoms in total. The predicted molar refractivity (Wildman–Crippen MR) is 114 cm³/mol. The van der Waals surface area contributed by atoms with E-state index in [1.807, 2.05) is 12.1 Å². The summed E-state index contributed by atoms with van der Waals surface area (Å²) in [5.74, 6) is -1.90. The number of rotatable bonds is 7. The molecule has 0 radical (unpaired) electrons. The van der Waals surface area contributed by atoms with Crippen LogP contribution < -0.4 is 5.32 Å². The Morgan fingerprint density at radius 2 is 1.44 bits per heavy atom. The maximum atomic E-state index is 13.3. The van der Waals surface area contributed by atoms with Gasteiger partial charge in [0.15, 0.2) is 0 Å². The summed E-state index contributed by atoms with van der Waals surface area (Å²) in [4.78, 5) is 25.7. The van der Waals surface area contributed by atoms with Crippen molar-refractivity contribution in [2.45, 2.75) is 24.6 Å². The van der Waals surface area contributed by atoms with Crippen molar-refractivity contribution >= 4 is 11.9 Å². The second-order valence-electron chi connectivity index (χ2n) is 7.24. The molecule has 0 fully saturated rings. The molecule has 1 amide bonds. The van der Waals surface area contributed by atoms with E-state index < -0.39 is 35.6 Å². The molecule has 0 aromatic heterocycles. The summed E-state index contributed by atoms with van der Waals surface area (Å²) in [5.41, 5.74) is 0.876. The van der Waals surface area contributed by atoms with Gasteiger partial charge in [-0.05, 0) is 22.8 Å². The largest absolute Gasteiger partial charge is 0.467 e. The maximum Gasteiger partial charge on any atom is 0.416 e. The topological polar surface area (TPSA) is 55.4 Å². The summed E-state index contributed by atoms with van der Waals surface area (Å²) >= 11 is 0. The highest BCUT2D eigenvalue weighted by Crippen LogP contribution is 2.30. The highest BCUT2D eigenvalue weighted by Gasteiger charge is 2.32. The van der Waals surface area contributed by atoms with Crippen molar-refractivity contribution in [3.8, 4) is 0 Å². The lowest BCUT2D eigenvalue weighted by Gasteiger charge is -2.22. The number of benzene rings is 3. The maximum absolute atomic E-state index is 13.3. The molecule has 0 heterocycles. The number of hydrogen-bond acceptors (Lipinski definition) is 3. The molecule has 0 unspecified atom stereocenters. The van der Waals surface area contributed by atoms with Crippen LogP contribution in [0.3, 0.4) is 0 Å². The van der Waals surface area contributed by atoms with Crippen LogP contribution in [0.2, 0.25) is 0 Å². The van der Waals surface area contributed by atoms with E-state index in [1.54, 1.807) is 48.5 Å². The molecule has 3 aromatic carbocycles. The molecule has 1 N–H and O–H groups in total. The minimum atomic E-state index is -4.51. The molecule has 0 spiro atoms. The van der Waals surface area contributed by atoms with Crippen molar-refractivity contribution in [1.29, 1.82) is 0 Å². The van der Waals surface area contributed by atoms with Crippen molar-refractivity contribution in [3.63, 3.8) is 0 Å². The van der Waals surface area contributed by atoms with Gasteiger partial charge in [0.2, 0.25) is 5.91 Å². The molecule has 32 heavy (non-hydrogen) atoms. The van der Waals surface area contributed by atoms with Crippen LogP contribution in [-0.4, -0.2) is 25.0 Å². The normalized spacial score (nSPS) is 12.3. The second kappa shape index (κ2) is 10.1. The number of amides is 1. The van der Waals surface area contributed by atoms with Crippen molar-refractivity contribution in [1.82, 2.24) is 5.32 Å². The number of carbonyl (C=O) groups excluding carboxylic acids is 2. The van der Waals surface area contributed by atoms with Gasteiger partial charge in [0, 0.05) is 6.42 Å². The first kappa shape index (κ1) is 23.1. The number of hydrogen-bond donors (Lipinski definition) is 1. The molecule has 166 valence electrons. The summed E-state index contributed by atoms with van der Waals surface area (Å²) in [6.45, 7) is 0. The number of alkyl halides is 3. The predicted octanol–water partition coefficient (Wildman–Crippen LogP) is 4.74. The van der Waals surface area contributed by atoms with Crippen LogP contribution in [0.15, 0.2) is 84.9 Å². The van der Waals surface area contributed by atoms with E-state index in [0.29, 0.717) is 0 Å². The first-order chi connectivity index (χ1) is 15.3. The molecular weight excluding hydrogens is 419 g/mol. The fraction of sp³-hybridized carbons (Fsp3) is 0.200. The molecule has 0 aliphatic heterocycles. The summed E-state index contributed by atoms with van der Waals surface area (Å²) in [7, 11) is 1.17. The van der Waals surface area contributed by atoms with E-state index in [4.69, 9.17) is 4.74 Å².